The molecule has 1 heterocycles. The van der Waals surface area contributed by atoms with Gasteiger partial charge in [0.25, 0.3) is 0 Å². The molecule has 1 aliphatic carbocycles. The Labute approximate surface area is 116 Å². The molecular weight excluding hydrogens is 240 g/mol. The molecule has 4 atom stereocenters. The third-order valence-corrected chi connectivity index (χ3v) is 4.67. The summed E-state index contributed by atoms with van der Waals surface area (Å²) in [6, 6.07) is 0.335. The van der Waals surface area contributed by atoms with Crippen LogP contribution in [0.4, 0.5) is 0 Å². The minimum absolute atomic E-state index is 0.0722. The Balaban J connectivity index is 1.87. The van der Waals surface area contributed by atoms with E-state index in [9.17, 15) is 4.79 Å². The van der Waals surface area contributed by atoms with Crippen LogP contribution < -0.4 is 11.1 Å². The summed E-state index contributed by atoms with van der Waals surface area (Å²) in [5.41, 5.74) is 5.59. The molecule has 0 bridgehead atoms. The highest BCUT2D eigenvalue weighted by Crippen LogP contribution is 2.30. The summed E-state index contributed by atoms with van der Waals surface area (Å²) < 4.78 is 5.67. The van der Waals surface area contributed by atoms with Crippen molar-refractivity contribution in [1.29, 1.82) is 0 Å². The van der Waals surface area contributed by atoms with Crippen LogP contribution in [0.3, 0.4) is 0 Å². The van der Waals surface area contributed by atoms with Crippen LogP contribution in [-0.2, 0) is 9.53 Å². The molecule has 2 aliphatic rings. The molecule has 4 nitrogen and oxygen atoms in total. The van der Waals surface area contributed by atoms with E-state index in [1.54, 1.807) is 0 Å². The van der Waals surface area contributed by atoms with E-state index in [1.807, 2.05) is 0 Å². The van der Waals surface area contributed by atoms with Crippen molar-refractivity contribution in [3.8, 4) is 0 Å². The third kappa shape index (κ3) is 3.69. The average molecular weight is 268 g/mol. The second-order valence-corrected chi connectivity index (χ2v) is 6.37. The Kier molecular flexibility index (Phi) is 5.22. The number of hydrogen-bond donors (Lipinski definition) is 2. The van der Waals surface area contributed by atoms with Crippen molar-refractivity contribution in [2.75, 3.05) is 6.54 Å². The lowest BCUT2D eigenvalue weighted by atomic mass is 9.78. The van der Waals surface area contributed by atoms with Crippen LogP contribution >= 0.6 is 0 Å². The molecule has 110 valence electrons. The van der Waals surface area contributed by atoms with Gasteiger partial charge in [-0.25, -0.2) is 0 Å². The molecular formula is C15H28N2O2. The Morgan fingerprint density at radius 1 is 1.26 bits per heavy atom. The topological polar surface area (TPSA) is 64.4 Å². The predicted octanol–water partition coefficient (Wildman–Crippen LogP) is 1.82. The monoisotopic (exact) mass is 268 g/mol. The summed E-state index contributed by atoms with van der Waals surface area (Å²) in [6.45, 7) is 5.03. The van der Waals surface area contributed by atoms with Crippen molar-refractivity contribution in [1.82, 2.24) is 5.32 Å². The first-order valence-corrected chi connectivity index (χ1v) is 7.77. The second-order valence-electron chi connectivity index (χ2n) is 6.37. The van der Waals surface area contributed by atoms with E-state index in [2.05, 4.69) is 19.2 Å². The van der Waals surface area contributed by atoms with E-state index in [-0.39, 0.29) is 18.1 Å². The first kappa shape index (κ1) is 14.8. The lowest BCUT2D eigenvalue weighted by Gasteiger charge is -2.35. The van der Waals surface area contributed by atoms with Gasteiger partial charge in [-0.1, -0.05) is 26.7 Å². The number of carbonyl (C=O) groups is 1. The van der Waals surface area contributed by atoms with E-state index in [4.69, 9.17) is 10.5 Å². The van der Waals surface area contributed by atoms with Gasteiger partial charge < -0.3 is 15.8 Å². The maximum atomic E-state index is 12.3. The second kappa shape index (κ2) is 6.71. The fourth-order valence-electron chi connectivity index (χ4n) is 3.48. The van der Waals surface area contributed by atoms with Gasteiger partial charge in [0, 0.05) is 12.6 Å². The van der Waals surface area contributed by atoms with Crippen molar-refractivity contribution in [3.05, 3.63) is 0 Å². The first-order valence-electron chi connectivity index (χ1n) is 7.77. The highest BCUT2D eigenvalue weighted by atomic mass is 16.5. The van der Waals surface area contributed by atoms with Gasteiger partial charge in [0.15, 0.2) is 0 Å². The number of hydrogen-bond acceptors (Lipinski definition) is 3. The fourth-order valence-corrected chi connectivity index (χ4v) is 3.48. The summed E-state index contributed by atoms with van der Waals surface area (Å²) in [5, 5.41) is 3.23. The SMILES string of the molecule is CC(C)C1CCCCC1NC(=O)C1CCC(CN)O1. The molecule has 0 aromatic heterocycles. The van der Waals surface area contributed by atoms with Crippen LogP contribution in [0.25, 0.3) is 0 Å². The Morgan fingerprint density at radius 3 is 2.63 bits per heavy atom. The van der Waals surface area contributed by atoms with E-state index in [0.29, 0.717) is 24.4 Å². The summed E-state index contributed by atoms with van der Waals surface area (Å²) in [5.74, 6) is 1.32. The number of amides is 1. The molecule has 0 aromatic carbocycles. The zero-order valence-electron chi connectivity index (χ0n) is 12.2. The quantitative estimate of drug-likeness (QED) is 0.817. The van der Waals surface area contributed by atoms with Gasteiger partial charge in [0.2, 0.25) is 5.91 Å². The van der Waals surface area contributed by atoms with E-state index >= 15 is 0 Å². The van der Waals surface area contributed by atoms with Gasteiger partial charge in [-0.2, -0.15) is 0 Å². The standard InChI is InChI=1S/C15H28N2O2/c1-10(2)12-5-3-4-6-13(12)17-15(18)14-8-7-11(9-16)19-14/h10-14H,3-9,16H2,1-2H3,(H,17,18). The van der Waals surface area contributed by atoms with Gasteiger partial charge in [0.05, 0.1) is 6.10 Å². The molecule has 2 fully saturated rings. The van der Waals surface area contributed by atoms with E-state index < -0.39 is 0 Å². The van der Waals surface area contributed by atoms with Gasteiger partial charge in [-0.15, -0.1) is 0 Å². The normalized spacial score (nSPS) is 35.6. The average Bonchev–Trinajstić information content (AvgIpc) is 2.88. The molecule has 19 heavy (non-hydrogen) atoms. The summed E-state index contributed by atoms with van der Waals surface area (Å²) in [6.07, 6.45) is 6.39. The van der Waals surface area contributed by atoms with E-state index in [0.717, 1.165) is 19.3 Å². The fraction of sp³-hybridized carbons (Fsp3) is 0.933. The van der Waals surface area contributed by atoms with Gasteiger partial charge in [-0.3, -0.25) is 4.79 Å². The molecule has 0 aromatic rings. The minimum atomic E-state index is -0.275. The van der Waals surface area contributed by atoms with Crippen molar-refractivity contribution < 1.29 is 9.53 Å². The Bertz CT molecular complexity index is 307. The van der Waals surface area contributed by atoms with Gasteiger partial charge in [-0.05, 0) is 37.5 Å². The molecule has 4 unspecified atom stereocenters. The molecule has 4 heteroatoms. The molecule has 3 N–H and O–H groups in total. The lowest BCUT2D eigenvalue weighted by Crippen LogP contribution is -2.47. The Hall–Kier alpha value is -0.610. The zero-order valence-corrected chi connectivity index (χ0v) is 12.2. The van der Waals surface area contributed by atoms with Crippen LogP contribution in [0.1, 0.15) is 52.4 Å². The maximum Gasteiger partial charge on any atom is 0.249 e. The predicted molar refractivity (Wildman–Crippen MR) is 75.7 cm³/mol. The molecule has 1 amide bonds. The van der Waals surface area contributed by atoms with Crippen LogP contribution in [0.15, 0.2) is 0 Å². The van der Waals surface area contributed by atoms with Crippen LogP contribution in [-0.4, -0.2) is 30.7 Å². The maximum absolute atomic E-state index is 12.3. The highest BCUT2D eigenvalue weighted by molar-refractivity contribution is 5.81. The summed E-state index contributed by atoms with van der Waals surface area (Å²) in [7, 11) is 0. The van der Waals surface area contributed by atoms with Crippen LogP contribution in [0.5, 0.6) is 0 Å². The first-order chi connectivity index (χ1) is 9.11. The number of ether oxygens (including phenoxy) is 1. The molecule has 1 aliphatic heterocycles. The summed E-state index contributed by atoms with van der Waals surface area (Å²) in [4.78, 5) is 12.3. The molecule has 0 radical (unpaired) electrons. The molecule has 2 rings (SSSR count). The van der Waals surface area contributed by atoms with Crippen LogP contribution in [0, 0.1) is 11.8 Å². The van der Waals surface area contributed by atoms with Crippen molar-refractivity contribution in [2.45, 2.75) is 70.6 Å². The van der Waals surface area contributed by atoms with Crippen molar-refractivity contribution >= 4 is 5.91 Å². The highest BCUT2D eigenvalue weighted by Gasteiger charge is 2.34. The van der Waals surface area contributed by atoms with Gasteiger partial charge in [0.1, 0.15) is 6.10 Å². The lowest BCUT2D eigenvalue weighted by molar-refractivity contribution is -0.133. The summed E-state index contributed by atoms with van der Waals surface area (Å²) >= 11 is 0. The minimum Gasteiger partial charge on any atom is -0.364 e. The zero-order chi connectivity index (χ0) is 13.8. The Morgan fingerprint density at radius 2 is 2.00 bits per heavy atom. The van der Waals surface area contributed by atoms with E-state index in [1.165, 1.54) is 19.3 Å². The molecule has 0 spiro atoms. The number of rotatable bonds is 4. The number of nitrogens with two attached hydrogens (primary N) is 1. The number of carbonyl (C=O) groups excluding carboxylic acids is 1. The molecule has 1 saturated carbocycles. The van der Waals surface area contributed by atoms with Crippen molar-refractivity contribution in [3.63, 3.8) is 0 Å². The third-order valence-electron chi connectivity index (χ3n) is 4.67. The largest absolute Gasteiger partial charge is 0.364 e. The smallest absolute Gasteiger partial charge is 0.249 e. The van der Waals surface area contributed by atoms with Crippen molar-refractivity contribution in [2.24, 2.45) is 17.6 Å². The number of nitrogens with one attached hydrogen (secondary N) is 1. The van der Waals surface area contributed by atoms with Crippen LogP contribution in [0.2, 0.25) is 0 Å². The molecule has 1 saturated heterocycles. The van der Waals surface area contributed by atoms with Gasteiger partial charge >= 0.3 is 0 Å².